The Morgan fingerprint density at radius 2 is 1.79 bits per heavy atom. The third-order valence-electron chi connectivity index (χ3n) is 7.15. The number of nitrogens with one attached hydrogen (secondary N) is 1. The Morgan fingerprint density at radius 3 is 2.54 bits per heavy atom. The van der Waals surface area contributed by atoms with E-state index in [1.54, 1.807) is 4.68 Å². The van der Waals surface area contributed by atoms with Crippen molar-refractivity contribution in [1.29, 1.82) is 0 Å². The molecule has 39 heavy (non-hydrogen) atoms. The van der Waals surface area contributed by atoms with Gasteiger partial charge in [-0.15, -0.1) is 0 Å². The van der Waals surface area contributed by atoms with E-state index in [1.807, 2.05) is 55.5 Å². The molecule has 1 unspecified atom stereocenters. The number of carbonyl (C=O) groups excluding carboxylic acids is 1. The van der Waals surface area contributed by atoms with Crippen molar-refractivity contribution in [3.63, 3.8) is 0 Å². The van der Waals surface area contributed by atoms with Crippen molar-refractivity contribution in [3.05, 3.63) is 113 Å². The summed E-state index contributed by atoms with van der Waals surface area (Å²) in [5.41, 5.74) is 12.4. The zero-order valence-corrected chi connectivity index (χ0v) is 22.9. The van der Waals surface area contributed by atoms with Gasteiger partial charge < -0.3 is 15.8 Å². The van der Waals surface area contributed by atoms with Gasteiger partial charge in [0, 0.05) is 13.0 Å². The minimum Gasteiger partial charge on any atom is -0.494 e. The van der Waals surface area contributed by atoms with Gasteiger partial charge in [-0.2, -0.15) is 5.10 Å². The summed E-state index contributed by atoms with van der Waals surface area (Å²) in [6.45, 7) is 6.17. The van der Waals surface area contributed by atoms with Crippen LogP contribution in [0.2, 0.25) is 0 Å². The minimum absolute atomic E-state index is 0.0332. The lowest BCUT2D eigenvalue weighted by atomic mass is 9.95. The summed E-state index contributed by atoms with van der Waals surface area (Å²) in [5, 5.41) is 8.40. The summed E-state index contributed by atoms with van der Waals surface area (Å²) in [6, 6.07) is 26.6. The molecule has 0 bridgehead atoms. The van der Waals surface area contributed by atoms with Gasteiger partial charge in [0.15, 0.2) is 5.78 Å². The van der Waals surface area contributed by atoms with Crippen LogP contribution in [0.25, 0.3) is 5.69 Å². The molecule has 3 N–H and O–H groups in total. The number of ether oxygens (including phenoxy) is 1. The summed E-state index contributed by atoms with van der Waals surface area (Å²) >= 11 is 0. The lowest BCUT2D eigenvalue weighted by Crippen LogP contribution is -2.24. The molecule has 0 aliphatic heterocycles. The molecule has 5 rings (SSSR count). The fourth-order valence-electron chi connectivity index (χ4n) is 4.88. The van der Waals surface area contributed by atoms with Crippen LogP contribution in [0.5, 0.6) is 5.75 Å². The van der Waals surface area contributed by atoms with Crippen molar-refractivity contribution in [2.24, 2.45) is 11.7 Å². The quantitative estimate of drug-likeness (QED) is 0.212. The Morgan fingerprint density at radius 1 is 1.03 bits per heavy atom. The zero-order valence-electron chi connectivity index (χ0n) is 22.9. The van der Waals surface area contributed by atoms with Crippen LogP contribution in [0, 0.1) is 12.8 Å². The van der Waals surface area contributed by atoms with E-state index in [-0.39, 0.29) is 11.8 Å². The van der Waals surface area contributed by atoms with E-state index in [9.17, 15) is 4.79 Å². The SMILES string of the molecule is CCCOc1ccc(C(NCC2CC2)c2cccc(CC(=O)c3cc(C)nn3-c3cccc(CN)c3)c2)cc1. The Balaban J connectivity index is 1.38. The molecule has 3 aromatic carbocycles. The van der Waals surface area contributed by atoms with Crippen LogP contribution >= 0.6 is 0 Å². The molecule has 0 saturated heterocycles. The number of Topliss-reactive ketones (excluding diaryl/α,β-unsaturated/α-hetero) is 1. The first-order chi connectivity index (χ1) is 19.0. The van der Waals surface area contributed by atoms with Crippen molar-refractivity contribution in [1.82, 2.24) is 15.1 Å². The van der Waals surface area contributed by atoms with Crippen molar-refractivity contribution < 1.29 is 9.53 Å². The van der Waals surface area contributed by atoms with Crippen LogP contribution in [0.15, 0.2) is 78.9 Å². The molecule has 1 aliphatic carbocycles. The largest absolute Gasteiger partial charge is 0.494 e. The van der Waals surface area contributed by atoms with E-state index in [0.29, 0.717) is 18.7 Å². The number of nitrogens with two attached hydrogens (primary N) is 1. The maximum Gasteiger partial charge on any atom is 0.185 e. The fraction of sp³-hybridized carbons (Fsp3) is 0.333. The van der Waals surface area contributed by atoms with Gasteiger partial charge in [0.1, 0.15) is 11.4 Å². The van der Waals surface area contributed by atoms with Crippen LogP contribution in [-0.2, 0) is 13.0 Å². The van der Waals surface area contributed by atoms with Gasteiger partial charge in [0.05, 0.1) is 24.0 Å². The number of carbonyl (C=O) groups is 1. The lowest BCUT2D eigenvalue weighted by molar-refractivity contribution is 0.0985. The highest BCUT2D eigenvalue weighted by atomic mass is 16.5. The first-order valence-electron chi connectivity index (χ1n) is 14.0. The standard InChI is InChI=1S/C33H38N4O2/c1-3-16-39-30-14-12-27(13-15-30)33(35-22-24-10-11-24)28-8-4-6-25(18-28)20-32(38)31-17-23(2)36-37(31)29-9-5-7-26(19-29)21-34/h4-9,12-15,17-19,24,33,35H,3,10-11,16,20-22,34H2,1-2H3. The predicted molar refractivity (Wildman–Crippen MR) is 155 cm³/mol. The number of aryl methyl sites for hydroxylation is 1. The average Bonchev–Trinajstić information content (AvgIpc) is 3.71. The van der Waals surface area contributed by atoms with Crippen molar-refractivity contribution >= 4 is 5.78 Å². The van der Waals surface area contributed by atoms with Gasteiger partial charge in [0.25, 0.3) is 0 Å². The van der Waals surface area contributed by atoms with Gasteiger partial charge in [0.2, 0.25) is 0 Å². The number of hydrogen-bond acceptors (Lipinski definition) is 5. The van der Waals surface area contributed by atoms with E-state index in [1.165, 1.54) is 18.4 Å². The predicted octanol–water partition coefficient (Wildman–Crippen LogP) is 5.94. The Bertz CT molecular complexity index is 1410. The van der Waals surface area contributed by atoms with Crippen LogP contribution in [0.4, 0.5) is 0 Å². The molecule has 1 heterocycles. The number of aromatic nitrogens is 2. The first kappa shape index (κ1) is 26.9. The lowest BCUT2D eigenvalue weighted by Gasteiger charge is -2.21. The molecular formula is C33H38N4O2. The molecule has 1 atom stereocenters. The molecule has 6 heteroatoms. The number of hydrogen-bond donors (Lipinski definition) is 2. The van der Waals surface area contributed by atoms with E-state index >= 15 is 0 Å². The number of rotatable bonds is 13. The molecule has 0 spiro atoms. The van der Waals surface area contributed by atoms with E-state index < -0.39 is 0 Å². The second-order valence-corrected chi connectivity index (χ2v) is 10.5. The number of benzene rings is 3. The zero-order chi connectivity index (χ0) is 27.2. The van der Waals surface area contributed by atoms with Crippen LogP contribution in [-0.4, -0.2) is 28.7 Å². The van der Waals surface area contributed by atoms with E-state index in [2.05, 4.69) is 47.7 Å². The van der Waals surface area contributed by atoms with Gasteiger partial charge >= 0.3 is 0 Å². The van der Waals surface area contributed by atoms with Crippen LogP contribution in [0.1, 0.15) is 70.7 Å². The second-order valence-electron chi connectivity index (χ2n) is 10.5. The topological polar surface area (TPSA) is 82.2 Å². The summed E-state index contributed by atoms with van der Waals surface area (Å²) in [4.78, 5) is 13.6. The highest BCUT2D eigenvalue weighted by Gasteiger charge is 2.24. The minimum atomic E-state index is 0.0332. The van der Waals surface area contributed by atoms with Crippen molar-refractivity contribution in [2.45, 2.75) is 52.1 Å². The Hall–Kier alpha value is -3.74. The van der Waals surface area contributed by atoms with Gasteiger partial charge in [-0.05, 0) is 91.2 Å². The van der Waals surface area contributed by atoms with Crippen LogP contribution in [0.3, 0.4) is 0 Å². The molecular weight excluding hydrogens is 484 g/mol. The smallest absolute Gasteiger partial charge is 0.185 e. The summed E-state index contributed by atoms with van der Waals surface area (Å²) in [6.07, 6.45) is 3.87. The Kier molecular flexibility index (Phi) is 8.54. The fourth-order valence-corrected chi connectivity index (χ4v) is 4.88. The number of ketones is 1. The first-order valence-corrected chi connectivity index (χ1v) is 14.0. The van der Waals surface area contributed by atoms with Crippen molar-refractivity contribution in [3.8, 4) is 11.4 Å². The summed E-state index contributed by atoms with van der Waals surface area (Å²) < 4.78 is 7.53. The third kappa shape index (κ3) is 6.83. The summed E-state index contributed by atoms with van der Waals surface area (Å²) in [7, 11) is 0. The van der Waals surface area contributed by atoms with Gasteiger partial charge in [-0.3, -0.25) is 4.79 Å². The monoisotopic (exact) mass is 522 g/mol. The van der Waals surface area contributed by atoms with Gasteiger partial charge in [-0.1, -0.05) is 55.5 Å². The maximum atomic E-state index is 13.6. The summed E-state index contributed by atoms with van der Waals surface area (Å²) in [5.74, 6) is 1.68. The molecule has 4 aromatic rings. The third-order valence-corrected chi connectivity index (χ3v) is 7.15. The molecule has 0 amide bonds. The molecule has 0 radical (unpaired) electrons. The molecule has 1 aliphatic rings. The highest BCUT2D eigenvalue weighted by molar-refractivity contribution is 5.96. The normalized spacial score (nSPS) is 13.8. The number of nitrogens with zero attached hydrogens (tertiary/aromatic N) is 2. The maximum absolute atomic E-state index is 13.6. The van der Waals surface area contributed by atoms with Gasteiger partial charge in [-0.25, -0.2) is 4.68 Å². The van der Waals surface area contributed by atoms with Crippen molar-refractivity contribution in [2.75, 3.05) is 13.2 Å². The molecule has 1 fully saturated rings. The van der Waals surface area contributed by atoms with E-state index in [4.69, 9.17) is 10.5 Å². The molecule has 202 valence electrons. The molecule has 6 nitrogen and oxygen atoms in total. The van der Waals surface area contributed by atoms with E-state index in [0.717, 1.165) is 59.3 Å². The Labute approximate surface area is 231 Å². The average molecular weight is 523 g/mol. The molecule has 1 aromatic heterocycles. The second kappa shape index (κ2) is 12.4. The molecule has 1 saturated carbocycles. The highest BCUT2D eigenvalue weighted by Crippen LogP contribution is 2.31. The van der Waals surface area contributed by atoms with Crippen LogP contribution < -0.4 is 15.8 Å².